The summed E-state index contributed by atoms with van der Waals surface area (Å²) < 4.78 is 10.8. The van der Waals surface area contributed by atoms with Crippen LogP contribution in [0.3, 0.4) is 0 Å². The summed E-state index contributed by atoms with van der Waals surface area (Å²) in [6, 6.07) is -0.0402. The first-order chi connectivity index (χ1) is 9.58. The molecule has 0 aromatic carbocycles. The van der Waals surface area contributed by atoms with Crippen molar-refractivity contribution >= 4 is 11.6 Å². The van der Waals surface area contributed by atoms with Gasteiger partial charge in [0, 0.05) is 32.1 Å². The second kappa shape index (κ2) is 5.20. The number of methoxy groups -OCH3 is 2. The van der Waals surface area contributed by atoms with Crippen LogP contribution in [0.25, 0.3) is 0 Å². The summed E-state index contributed by atoms with van der Waals surface area (Å²) in [5.74, 6) is -0.141. The number of ketones is 2. The van der Waals surface area contributed by atoms with Crippen LogP contribution in [0.1, 0.15) is 26.2 Å². The van der Waals surface area contributed by atoms with Crippen molar-refractivity contribution < 1.29 is 19.1 Å². The Bertz CT molecular complexity index is 424. The molecule has 0 amide bonds. The molecule has 0 aromatic rings. The van der Waals surface area contributed by atoms with Crippen LogP contribution in [-0.2, 0) is 19.1 Å². The molecule has 3 fully saturated rings. The third kappa shape index (κ3) is 1.95. The fourth-order valence-corrected chi connectivity index (χ4v) is 4.39. The molecule has 1 heterocycles. The smallest absolute Gasteiger partial charge is 0.167 e. The molecule has 3 aliphatic rings. The highest BCUT2D eigenvalue weighted by Crippen LogP contribution is 2.43. The number of nitrogens with one attached hydrogen (secondary N) is 1. The Kier molecular flexibility index (Phi) is 3.69. The fraction of sp³-hybridized carbons (Fsp3) is 0.867. The van der Waals surface area contributed by atoms with Gasteiger partial charge in [0.15, 0.2) is 11.6 Å². The van der Waals surface area contributed by atoms with E-state index in [1.165, 1.54) is 7.11 Å². The van der Waals surface area contributed by atoms with Crippen LogP contribution < -0.4 is 5.32 Å². The normalized spacial score (nSPS) is 48.0. The average Bonchev–Trinajstić information content (AvgIpc) is 2.84. The van der Waals surface area contributed by atoms with Crippen molar-refractivity contribution in [3.05, 3.63) is 0 Å². The summed E-state index contributed by atoms with van der Waals surface area (Å²) in [6.07, 6.45) is 2.46. The van der Waals surface area contributed by atoms with Crippen LogP contribution in [0.4, 0.5) is 0 Å². The monoisotopic (exact) mass is 281 g/mol. The van der Waals surface area contributed by atoms with Gasteiger partial charge in [-0.2, -0.15) is 0 Å². The Morgan fingerprint density at radius 2 is 1.85 bits per heavy atom. The van der Waals surface area contributed by atoms with Gasteiger partial charge in [-0.1, -0.05) is 6.92 Å². The van der Waals surface area contributed by atoms with E-state index in [4.69, 9.17) is 9.47 Å². The van der Waals surface area contributed by atoms with Gasteiger partial charge >= 0.3 is 0 Å². The molecular formula is C15H23NO4. The van der Waals surface area contributed by atoms with Crippen molar-refractivity contribution in [1.29, 1.82) is 0 Å². The second-order valence-corrected chi connectivity index (χ2v) is 6.36. The Labute approximate surface area is 119 Å². The molecule has 7 unspecified atom stereocenters. The number of rotatable bonds is 2. The van der Waals surface area contributed by atoms with E-state index in [0.29, 0.717) is 0 Å². The quantitative estimate of drug-likeness (QED) is 0.801. The Morgan fingerprint density at radius 1 is 1.10 bits per heavy atom. The Hall–Kier alpha value is -0.780. The Morgan fingerprint density at radius 3 is 2.50 bits per heavy atom. The highest BCUT2D eigenvalue weighted by atomic mass is 16.5. The van der Waals surface area contributed by atoms with Crippen LogP contribution in [0, 0.1) is 17.8 Å². The van der Waals surface area contributed by atoms with Gasteiger partial charge in [0.2, 0.25) is 0 Å². The van der Waals surface area contributed by atoms with Gasteiger partial charge in [-0.15, -0.1) is 0 Å². The molecule has 2 aliphatic carbocycles. The van der Waals surface area contributed by atoms with E-state index in [1.54, 1.807) is 14.0 Å². The van der Waals surface area contributed by atoms with Crippen LogP contribution in [0.5, 0.6) is 0 Å². The third-order valence-corrected chi connectivity index (χ3v) is 5.47. The van der Waals surface area contributed by atoms with Crippen molar-refractivity contribution in [3.8, 4) is 0 Å². The molecular weight excluding hydrogens is 258 g/mol. The van der Waals surface area contributed by atoms with Crippen molar-refractivity contribution in [2.75, 3.05) is 14.2 Å². The van der Waals surface area contributed by atoms with Crippen molar-refractivity contribution in [2.24, 2.45) is 17.8 Å². The third-order valence-electron chi connectivity index (χ3n) is 5.47. The summed E-state index contributed by atoms with van der Waals surface area (Å²) in [5, 5.41) is 3.41. The van der Waals surface area contributed by atoms with E-state index in [9.17, 15) is 9.59 Å². The maximum Gasteiger partial charge on any atom is 0.167 e. The van der Waals surface area contributed by atoms with E-state index in [-0.39, 0.29) is 47.5 Å². The van der Waals surface area contributed by atoms with E-state index in [1.807, 2.05) is 0 Å². The number of carbonyl (C=O) groups excluding carboxylic acids is 2. The predicted molar refractivity (Wildman–Crippen MR) is 72.3 cm³/mol. The summed E-state index contributed by atoms with van der Waals surface area (Å²) in [6.45, 7) is 1.80. The number of ether oxygens (including phenoxy) is 2. The number of fused-ring (bicyclic) bond motifs is 3. The number of carbonyl (C=O) groups is 2. The minimum Gasteiger partial charge on any atom is -0.381 e. The molecule has 20 heavy (non-hydrogen) atoms. The maximum atomic E-state index is 12.7. The lowest BCUT2D eigenvalue weighted by molar-refractivity contribution is -0.151. The molecule has 5 nitrogen and oxygen atoms in total. The maximum absolute atomic E-state index is 12.7. The molecule has 0 aromatic heterocycles. The highest BCUT2D eigenvalue weighted by molar-refractivity contribution is 6.03. The molecule has 1 saturated heterocycles. The number of hydrogen-bond acceptors (Lipinski definition) is 5. The second-order valence-electron chi connectivity index (χ2n) is 6.36. The fourth-order valence-electron chi connectivity index (χ4n) is 4.39. The summed E-state index contributed by atoms with van der Waals surface area (Å²) >= 11 is 0. The van der Waals surface area contributed by atoms with E-state index >= 15 is 0 Å². The van der Waals surface area contributed by atoms with Gasteiger partial charge in [0.25, 0.3) is 0 Å². The largest absolute Gasteiger partial charge is 0.381 e. The van der Waals surface area contributed by atoms with Crippen LogP contribution in [0.2, 0.25) is 0 Å². The number of hydrogen-bond donors (Lipinski definition) is 1. The van der Waals surface area contributed by atoms with Gasteiger partial charge in [0.05, 0.1) is 12.1 Å². The summed E-state index contributed by atoms with van der Waals surface area (Å²) in [7, 11) is 3.24. The van der Waals surface area contributed by atoms with Crippen LogP contribution in [0.15, 0.2) is 0 Å². The zero-order chi connectivity index (χ0) is 14.4. The van der Waals surface area contributed by atoms with E-state index in [2.05, 4.69) is 5.32 Å². The first kappa shape index (κ1) is 14.2. The molecule has 5 heteroatoms. The first-order valence-electron chi connectivity index (χ1n) is 7.47. The topological polar surface area (TPSA) is 64.6 Å². The van der Waals surface area contributed by atoms with Crippen molar-refractivity contribution in [3.63, 3.8) is 0 Å². The van der Waals surface area contributed by atoms with Gasteiger partial charge in [0.1, 0.15) is 6.10 Å². The molecule has 7 atom stereocenters. The molecule has 2 saturated carbocycles. The standard InChI is InChI=1S/C15H23NO4/c1-7-13(17)12-11(14(18)15(7)20-3)9-6-8(19-2)4-5-10(9)16-12/h7-12,15-16H,4-6H2,1-3H3. The predicted octanol–water partition coefficient (Wildman–Crippen LogP) is 0.561. The van der Waals surface area contributed by atoms with Gasteiger partial charge < -0.3 is 14.8 Å². The SMILES string of the molecule is COC1CCC2NC3C(=O)C(C)C(OC)C(=O)C3C2C1. The van der Waals surface area contributed by atoms with E-state index in [0.717, 1.165) is 19.3 Å². The number of Topliss-reactive ketones (excluding diaryl/α,β-unsaturated/α-hetero) is 2. The molecule has 0 radical (unpaired) electrons. The lowest BCUT2D eigenvalue weighted by Gasteiger charge is -2.37. The van der Waals surface area contributed by atoms with Gasteiger partial charge in [-0.05, 0) is 25.2 Å². The van der Waals surface area contributed by atoms with Gasteiger partial charge in [-0.3, -0.25) is 9.59 Å². The molecule has 3 rings (SSSR count). The molecule has 1 N–H and O–H groups in total. The zero-order valence-electron chi connectivity index (χ0n) is 12.3. The average molecular weight is 281 g/mol. The Balaban J connectivity index is 1.88. The minimum atomic E-state index is -0.577. The van der Waals surface area contributed by atoms with Crippen molar-refractivity contribution in [1.82, 2.24) is 5.32 Å². The van der Waals surface area contributed by atoms with Crippen molar-refractivity contribution in [2.45, 2.75) is 50.5 Å². The molecule has 112 valence electrons. The van der Waals surface area contributed by atoms with Crippen LogP contribution >= 0.6 is 0 Å². The minimum absolute atomic E-state index is 0.0985. The first-order valence-corrected chi connectivity index (χ1v) is 7.47. The lowest BCUT2D eigenvalue weighted by Crippen LogP contribution is -2.55. The lowest BCUT2D eigenvalue weighted by atomic mass is 9.68. The van der Waals surface area contributed by atoms with Gasteiger partial charge in [-0.25, -0.2) is 0 Å². The molecule has 0 bridgehead atoms. The molecule has 0 spiro atoms. The highest BCUT2D eigenvalue weighted by Gasteiger charge is 2.57. The summed E-state index contributed by atoms with van der Waals surface area (Å²) in [5.41, 5.74) is 0. The van der Waals surface area contributed by atoms with E-state index < -0.39 is 6.10 Å². The van der Waals surface area contributed by atoms with Crippen LogP contribution in [-0.4, -0.2) is 50.1 Å². The summed E-state index contributed by atoms with van der Waals surface area (Å²) in [4.78, 5) is 25.2. The zero-order valence-corrected chi connectivity index (χ0v) is 12.3. The molecule has 1 aliphatic heterocycles.